The molecule has 0 aliphatic heterocycles. The Hall–Kier alpha value is -1.89. The van der Waals surface area contributed by atoms with Gasteiger partial charge in [0.05, 0.1) is 21.1 Å². The largest absolute Gasteiger partial charge is 0.332 e. The van der Waals surface area contributed by atoms with Gasteiger partial charge in [0, 0.05) is 14.1 Å². The van der Waals surface area contributed by atoms with E-state index in [4.69, 9.17) is 0 Å². The van der Waals surface area contributed by atoms with Crippen LogP contribution in [-0.4, -0.2) is 40.2 Å². The van der Waals surface area contributed by atoms with E-state index >= 15 is 0 Å². The lowest BCUT2D eigenvalue weighted by Gasteiger charge is -2.18. The number of quaternary nitrogens is 1. The highest BCUT2D eigenvalue weighted by Crippen LogP contribution is 2.14. The van der Waals surface area contributed by atoms with Crippen LogP contribution in [0.5, 0.6) is 0 Å². The van der Waals surface area contributed by atoms with E-state index in [2.05, 4.69) is 9.97 Å². The van der Waals surface area contributed by atoms with Gasteiger partial charge in [-0.1, -0.05) is 0 Å². The summed E-state index contributed by atoms with van der Waals surface area (Å²) >= 11 is 0. The van der Waals surface area contributed by atoms with E-state index in [1.165, 1.54) is 11.6 Å². The highest BCUT2D eigenvalue weighted by Gasteiger charge is 2.21. The molecule has 0 saturated heterocycles. The molecule has 0 amide bonds. The topological polar surface area (TPSA) is 72.7 Å². The summed E-state index contributed by atoms with van der Waals surface area (Å²) in [6, 6.07) is 0. The highest BCUT2D eigenvalue weighted by atomic mass is 16.2. The van der Waals surface area contributed by atoms with Gasteiger partial charge >= 0.3 is 11.6 Å². The van der Waals surface area contributed by atoms with Gasteiger partial charge in [-0.25, -0.2) is 4.79 Å². The molecule has 0 fully saturated rings. The minimum atomic E-state index is -0.373. The number of H-pyrrole nitrogens is 1. The van der Waals surface area contributed by atoms with Gasteiger partial charge in [-0.3, -0.25) is 23.4 Å². The van der Waals surface area contributed by atoms with Crippen LogP contribution >= 0.6 is 0 Å². The van der Waals surface area contributed by atoms with Crippen LogP contribution in [0.25, 0.3) is 11.2 Å². The van der Waals surface area contributed by atoms with Crippen molar-refractivity contribution in [3.05, 3.63) is 20.8 Å². The summed E-state index contributed by atoms with van der Waals surface area (Å²) in [7, 11) is 8.85. The molecular formula is C10H16N5O2+. The van der Waals surface area contributed by atoms with Crippen molar-refractivity contribution in [2.45, 2.75) is 0 Å². The van der Waals surface area contributed by atoms with Gasteiger partial charge in [-0.2, -0.15) is 4.98 Å². The molecule has 7 heteroatoms. The van der Waals surface area contributed by atoms with Crippen LogP contribution in [0.3, 0.4) is 0 Å². The van der Waals surface area contributed by atoms with E-state index < -0.39 is 0 Å². The second-order valence-corrected chi connectivity index (χ2v) is 4.98. The number of imidazole rings is 1. The third-order valence-corrected chi connectivity index (χ3v) is 2.72. The van der Waals surface area contributed by atoms with Crippen molar-refractivity contribution in [3.63, 3.8) is 0 Å². The Kier molecular flexibility index (Phi) is 2.25. The Labute approximate surface area is 97.5 Å². The van der Waals surface area contributed by atoms with Crippen molar-refractivity contribution in [1.82, 2.24) is 23.6 Å². The van der Waals surface area contributed by atoms with E-state index in [-0.39, 0.29) is 11.2 Å². The van der Waals surface area contributed by atoms with Crippen LogP contribution < -0.4 is 15.7 Å². The smallest absolute Gasteiger partial charge is 0.286 e. The molecule has 0 aromatic carbocycles. The fourth-order valence-electron chi connectivity index (χ4n) is 1.63. The summed E-state index contributed by atoms with van der Waals surface area (Å²) in [5, 5.41) is 0. The molecule has 0 radical (unpaired) electrons. The maximum Gasteiger partial charge on any atom is 0.332 e. The third kappa shape index (κ3) is 1.59. The molecule has 17 heavy (non-hydrogen) atoms. The van der Waals surface area contributed by atoms with Crippen LogP contribution in [0, 0.1) is 0 Å². The molecule has 2 heterocycles. The summed E-state index contributed by atoms with van der Waals surface area (Å²) in [4.78, 5) is 30.9. The summed E-state index contributed by atoms with van der Waals surface area (Å²) in [6.45, 7) is 0. The van der Waals surface area contributed by atoms with Gasteiger partial charge in [0.15, 0.2) is 11.2 Å². The number of aromatic nitrogens is 4. The van der Waals surface area contributed by atoms with E-state index in [0.717, 1.165) is 4.57 Å². The van der Waals surface area contributed by atoms with E-state index in [0.29, 0.717) is 21.6 Å². The number of nitrogens with zero attached hydrogens (tertiary/aromatic N) is 4. The van der Waals surface area contributed by atoms with Gasteiger partial charge in [0.1, 0.15) is 0 Å². The number of hydrogen-bond donors (Lipinski definition) is 1. The van der Waals surface area contributed by atoms with Crippen molar-refractivity contribution in [1.29, 1.82) is 0 Å². The van der Waals surface area contributed by atoms with E-state index in [1.54, 1.807) is 7.05 Å². The Balaban J connectivity index is 2.97. The monoisotopic (exact) mass is 238 g/mol. The van der Waals surface area contributed by atoms with Crippen molar-refractivity contribution in [3.8, 4) is 0 Å². The Bertz CT molecular complexity index is 698. The number of nitrogens with one attached hydrogen (secondary N) is 1. The molecule has 92 valence electrons. The lowest BCUT2D eigenvalue weighted by Crippen LogP contribution is -2.36. The van der Waals surface area contributed by atoms with E-state index in [1.807, 2.05) is 21.1 Å². The summed E-state index contributed by atoms with van der Waals surface area (Å²) < 4.78 is 2.89. The van der Waals surface area contributed by atoms with Crippen molar-refractivity contribution in [2.24, 2.45) is 14.1 Å². The lowest BCUT2D eigenvalue weighted by molar-refractivity contribution is 0.463. The van der Waals surface area contributed by atoms with Crippen LogP contribution in [0.4, 0.5) is 5.95 Å². The average molecular weight is 238 g/mol. The van der Waals surface area contributed by atoms with Gasteiger partial charge in [0.2, 0.25) is 0 Å². The molecule has 0 bridgehead atoms. The SMILES string of the molecule is Cn1c(=O)c2[nH]c([N+](C)(C)C)nc2n(C)c1=O. The first kappa shape index (κ1) is 11.6. The first-order valence-corrected chi connectivity index (χ1v) is 5.21. The molecule has 0 aliphatic carbocycles. The molecule has 1 N–H and O–H groups in total. The quantitative estimate of drug-likeness (QED) is 0.658. The van der Waals surface area contributed by atoms with Gasteiger partial charge in [-0.05, 0) is 0 Å². The molecule has 0 unspecified atom stereocenters. The van der Waals surface area contributed by atoms with Gasteiger partial charge in [0.25, 0.3) is 5.56 Å². The highest BCUT2D eigenvalue weighted by molar-refractivity contribution is 5.72. The Morgan fingerprint density at radius 2 is 1.71 bits per heavy atom. The molecule has 0 saturated carbocycles. The first-order valence-electron chi connectivity index (χ1n) is 5.21. The second kappa shape index (κ2) is 3.30. The first-order chi connectivity index (χ1) is 7.73. The molecule has 2 rings (SSSR count). The predicted octanol–water partition coefficient (Wildman–Crippen LogP) is -0.843. The Morgan fingerprint density at radius 3 is 2.24 bits per heavy atom. The Morgan fingerprint density at radius 1 is 1.12 bits per heavy atom. The number of aryl methyl sites for hydroxylation is 1. The van der Waals surface area contributed by atoms with Crippen molar-refractivity contribution in [2.75, 3.05) is 21.1 Å². The minimum absolute atomic E-state index is 0.352. The summed E-state index contributed by atoms with van der Waals surface area (Å²) in [6.07, 6.45) is 0. The molecular weight excluding hydrogens is 222 g/mol. The van der Waals surface area contributed by atoms with Crippen molar-refractivity contribution >= 4 is 17.1 Å². The number of fused-ring (bicyclic) bond motifs is 1. The normalized spacial score (nSPS) is 12.3. The summed E-state index contributed by atoms with van der Waals surface area (Å²) in [5.74, 6) is 0.637. The van der Waals surface area contributed by atoms with Gasteiger partial charge in [-0.15, -0.1) is 0 Å². The standard InChI is InChI=1S/C10H15N5O2/c1-13-7-6(8(16)14(2)10(13)17)11-9(12-7)15(3,4)5/h1-5H3/p+1. The molecule has 0 aliphatic rings. The molecule has 0 spiro atoms. The van der Waals surface area contributed by atoms with Crippen molar-refractivity contribution < 1.29 is 0 Å². The van der Waals surface area contributed by atoms with Crippen LogP contribution in [0.15, 0.2) is 9.59 Å². The van der Waals surface area contributed by atoms with Crippen LogP contribution in [0.1, 0.15) is 0 Å². The molecule has 2 aromatic rings. The number of rotatable bonds is 1. The maximum absolute atomic E-state index is 11.9. The fraction of sp³-hybridized carbons (Fsp3) is 0.500. The second-order valence-electron chi connectivity index (χ2n) is 4.98. The predicted molar refractivity (Wildman–Crippen MR) is 66.1 cm³/mol. The van der Waals surface area contributed by atoms with Gasteiger partial charge < -0.3 is 0 Å². The zero-order valence-corrected chi connectivity index (χ0v) is 10.6. The number of aromatic amines is 1. The summed E-state index contributed by atoms with van der Waals surface area (Å²) in [5.41, 5.74) is 0.0241. The number of hydrogen-bond acceptors (Lipinski definition) is 3. The average Bonchev–Trinajstić information content (AvgIpc) is 2.67. The van der Waals surface area contributed by atoms with E-state index in [9.17, 15) is 9.59 Å². The van der Waals surface area contributed by atoms with Crippen LogP contribution in [-0.2, 0) is 14.1 Å². The minimum Gasteiger partial charge on any atom is -0.286 e. The molecule has 0 atom stereocenters. The molecule has 2 aromatic heterocycles. The fourth-order valence-corrected chi connectivity index (χ4v) is 1.63. The third-order valence-electron chi connectivity index (χ3n) is 2.72. The molecule has 7 nitrogen and oxygen atoms in total. The lowest BCUT2D eigenvalue weighted by atomic mass is 10.5. The zero-order chi connectivity index (χ0) is 13.0. The van der Waals surface area contributed by atoms with Crippen LogP contribution in [0.2, 0.25) is 0 Å². The zero-order valence-electron chi connectivity index (χ0n) is 10.6. The maximum atomic E-state index is 11.9.